The third-order valence-electron chi connectivity index (χ3n) is 3.10. The Hall–Kier alpha value is -2.43. The van der Waals surface area contributed by atoms with Crippen molar-refractivity contribution in [3.05, 3.63) is 61.4 Å². The first kappa shape index (κ1) is 19.9. The number of nitriles is 2. The van der Waals surface area contributed by atoms with E-state index in [2.05, 4.69) is 21.2 Å². The number of hydrogen-bond acceptors (Lipinski definition) is 4. The lowest BCUT2D eigenvalue weighted by Crippen LogP contribution is -2.14. The number of ether oxygens (including phenoxy) is 1. The smallest absolute Gasteiger partial charge is 0.266 e. The predicted octanol–water partition coefficient (Wildman–Crippen LogP) is 4.64. The standard InChI is InChI=1S/C18H10BrFIN3O2/c19-13-8-11(9-15(21)17(13)26-6-5-22)7-12(10-23)18(25)24-16-4-2-1-3-14(16)20/h1-4,7-9H,6H2,(H,24,25)/b12-7-. The van der Waals surface area contributed by atoms with Crippen molar-refractivity contribution in [3.8, 4) is 17.9 Å². The van der Waals surface area contributed by atoms with E-state index < -0.39 is 11.7 Å². The SMILES string of the molecule is N#CCOc1c(Br)cc(/C=C(/C#N)C(=O)Nc2ccccc2F)cc1I. The Kier molecular flexibility index (Phi) is 7.13. The van der Waals surface area contributed by atoms with Crippen molar-refractivity contribution < 1.29 is 13.9 Å². The van der Waals surface area contributed by atoms with Crippen LogP contribution < -0.4 is 10.1 Å². The third kappa shape index (κ3) is 5.04. The van der Waals surface area contributed by atoms with Gasteiger partial charge in [0, 0.05) is 0 Å². The van der Waals surface area contributed by atoms with Crippen molar-refractivity contribution in [1.82, 2.24) is 0 Å². The van der Waals surface area contributed by atoms with Gasteiger partial charge in [-0.2, -0.15) is 10.5 Å². The molecule has 1 amide bonds. The molecule has 0 fully saturated rings. The molecule has 2 aromatic carbocycles. The van der Waals surface area contributed by atoms with Crippen LogP contribution in [0.15, 0.2) is 46.4 Å². The second-order valence-corrected chi connectivity index (χ2v) is 6.88. The van der Waals surface area contributed by atoms with Gasteiger partial charge in [0.1, 0.15) is 29.3 Å². The van der Waals surface area contributed by atoms with Gasteiger partial charge in [-0.3, -0.25) is 4.79 Å². The summed E-state index contributed by atoms with van der Waals surface area (Å²) >= 11 is 5.36. The van der Waals surface area contributed by atoms with Gasteiger partial charge in [0.2, 0.25) is 0 Å². The second-order valence-electron chi connectivity index (χ2n) is 4.86. The first-order valence-corrected chi connectivity index (χ1v) is 9.00. The highest BCUT2D eigenvalue weighted by molar-refractivity contribution is 14.1. The summed E-state index contributed by atoms with van der Waals surface area (Å²) in [5.74, 6) is -0.804. The van der Waals surface area contributed by atoms with Crippen LogP contribution in [0.4, 0.5) is 10.1 Å². The minimum Gasteiger partial charge on any atom is -0.476 e. The topological polar surface area (TPSA) is 85.9 Å². The van der Waals surface area contributed by atoms with Gasteiger partial charge in [0.05, 0.1) is 13.7 Å². The van der Waals surface area contributed by atoms with E-state index in [0.717, 1.165) is 0 Å². The van der Waals surface area contributed by atoms with E-state index in [-0.39, 0.29) is 17.9 Å². The van der Waals surface area contributed by atoms with E-state index in [1.807, 2.05) is 34.7 Å². The number of halogens is 3. The highest BCUT2D eigenvalue weighted by Crippen LogP contribution is 2.32. The van der Waals surface area contributed by atoms with Crippen LogP contribution in [-0.4, -0.2) is 12.5 Å². The second kappa shape index (κ2) is 9.32. The molecule has 0 aromatic heterocycles. The molecule has 0 bridgehead atoms. The van der Waals surface area contributed by atoms with Crippen molar-refractivity contribution in [2.45, 2.75) is 0 Å². The largest absolute Gasteiger partial charge is 0.476 e. The van der Waals surface area contributed by atoms with Gasteiger partial charge in [-0.05, 0) is 74.4 Å². The minimum atomic E-state index is -0.714. The van der Waals surface area contributed by atoms with E-state index in [9.17, 15) is 14.4 Å². The lowest BCUT2D eigenvalue weighted by atomic mass is 10.1. The van der Waals surface area contributed by atoms with Crippen LogP contribution in [0, 0.1) is 32.0 Å². The molecule has 0 aliphatic heterocycles. The van der Waals surface area contributed by atoms with Gasteiger partial charge in [-0.1, -0.05) is 12.1 Å². The quantitative estimate of drug-likeness (QED) is 0.350. The van der Waals surface area contributed by atoms with Crippen LogP contribution in [0.1, 0.15) is 5.56 Å². The molecule has 0 atom stereocenters. The zero-order valence-corrected chi connectivity index (χ0v) is 16.8. The number of para-hydroxylation sites is 1. The summed E-state index contributed by atoms with van der Waals surface area (Å²) in [4.78, 5) is 12.2. The summed E-state index contributed by atoms with van der Waals surface area (Å²) in [6, 6.07) is 12.7. The molecule has 0 aliphatic rings. The lowest BCUT2D eigenvalue weighted by Gasteiger charge is -2.09. The Morgan fingerprint density at radius 2 is 2.08 bits per heavy atom. The highest BCUT2D eigenvalue weighted by atomic mass is 127. The fourth-order valence-corrected chi connectivity index (χ4v) is 3.74. The molecule has 0 saturated heterocycles. The fraction of sp³-hybridized carbons (Fsp3) is 0.0556. The number of carbonyl (C=O) groups excluding carboxylic acids is 1. The molecule has 0 saturated carbocycles. The van der Waals surface area contributed by atoms with Crippen LogP contribution >= 0.6 is 38.5 Å². The normalized spacial score (nSPS) is 10.6. The number of nitrogens with zero attached hydrogens (tertiary/aromatic N) is 2. The van der Waals surface area contributed by atoms with Crippen LogP contribution in [0.3, 0.4) is 0 Å². The maximum Gasteiger partial charge on any atom is 0.266 e. The predicted molar refractivity (Wildman–Crippen MR) is 107 cm³/mol. The third-order valence-corrected chi connectivity index (χ3v) is 4.49. The number of rotatable bonds is 5. The fourth-order valence-electron chi connectivity index (χ4n) is 1.97. The first-order valence-electron chi connectivity index (χ1n) is 7.12. The Labute approximate surface area is 171 Å². The van der Waals surface area contributed by atoms with Gasteiger partial charge >= 0.3 is 0 Å². The summed E-state index contributed by atoms with van der Waals surface area (Å²) < 4.78 is 20.2. The Balaban J connectivity index is 2.28. The summed E-state index contributed by atoms with van der Waals surface area (Å²) in [6.07, 6.45) is 1.39. The van der Waals surface area contributed by atoms with Crippen molar-refractivity contribution in [3.63, 3.8) is 0 Å². The molecule has 0 aliphatic carbocycles. The van der Waals surface area contributed by atoms with E-state index in [0.29, 0.717) is 19.4 Å². The Bertz CT molecular complexity index is 941. The lowest BCUT2D eigenvalue weighted by molar-refractivity contribution is -0.112. The average Bonchev–Trinajstić information content (AvgIpc) is 2.61. The maximum atomic E-state index is 13.6. The summed E-state index contributed by atoms with van der Waals surface area (Å²) in [5, 5.41) is 20.2. The van der Waals surface area contributed by atoms with Gasteiger partial charge in [-0.15, -0.1) is 0 Å². The molecule has 1 N–H and O–H groups in total. The molecule has 0 spiro atoms. The van der Waals surface area contributed by atoms with Crippen LogP contribution in [0.2, 0.25) is 0 Å². The number of carbonyl (C=O) groups is 1. The van der Waals surface area contributed by atoms with Crippen LogP contribution in [-0.2, 0) is 4.79 Å². The molecule has 130 valence electrons. The van der Waals surface area contributed by atoms with E-state index in [4.69, 9.17) is 10.00 Å². The van der Waals surface area contributed by atoms with Crippen LogP contribution in [0.5, 0.6) is 5.75 Å². The minimum absolute atomic E-state index is 0.00494. The summed E-state index contributed by atoms with van der Waals surface area (Å²) in [6.45, 7) is -0.0989. The van der Waals surface area contributed by atoms with Crippen molar-refractivity contribution in [1.29, 1.82) is 10.5 Å². The highest BCUT2D eigenvalue weighted by Gasteiger charge is 2.13. The monoisotopic (exact) mass is 525 g/mol. The van der Waals surface area contributed by atoms with Gasteiger partial charge in [-0.25, -0.2) is 4.39 Å². The molecule has 0 heterocycles. The van der Waals surface area contributed by atoms with E-state index in [1.165, 1.54) is 24.3 Å². The molecule has 8 heteroatoms. The molecule has 2 rings (SSSR count). The van der Waals surface area contributed by atoms with E-state index >= 15 is 0 Å². The number of benzene rings is 2. The van der Waals surface area contributed by atoms with Crippen LogP contribution in [0.25, 0.3) is 6.08 Å². The molecule has 5 nitrogen and oxygen atoms in total. The Morgan fingerprint density at radius 1 is 1.35 bits per heavy atom. The van der Waals surface area contributed by atoms with Crippen molar-refractivity contribution >= 4 is 56.2 Å². The van der Waals surface area contributed by atoms with Crippen molar-refractivity contribution in [2.75, 3.05) is 11.9 Å². The van der Waals surface area contributed by atoms with Gasteiger partial charge in [0.15, 0.2) is 6.61 Å². The molecule has 2 aromatic rings. The molecule has 0 radical (unpaired) electrons. The number of nitrogens with one attached hydrogen (secondary N) is 1. The maximum absolute atomic E-state index is 13.6. The molecular weight excluding hydrogens is 516 g/mol. The van der Waals surface area contributed by atoms with E-state index in [1.54, 1.807) is 18.2 Å². The summed E-state index contributed by atoms with van der Waals surface area (Å²) in [7, 11) is 0. The first-order chi connectivity index (χ1) is 12.5. The summed E-state index contributed by atoms with van der Waals surface area (Å²) in [5.41, 5.74) is 0.391. The van der Waals surface area contributed by atoms with Crippen molar-refractivity contribution in [2.24, 2.45) is 0 Å². The molecular formula is C18H10BrFIN3O2. The number of amides is 1. The number of hydrogen-bond donors (Lipinski definition) is 1. The molecule has 26 heavy (non-hydrogen) atoms. The number of anilines is 1. The Morgan fingerprint density at radius 3 is 2.69 bits per heavy atom. The van der Waals surface area contributed by atoms with Gasteiger partial charge in [0.25, 0.3) is 5.91 Å². The van der Waals surface area contributed by atoms with Gasteiger partial charge < -0.3 is 10.1 Å². The zero-order valence-electron chi connectivity index (χ0n) is 13.1. The zero-order chi connectivity index (χ0) is 19.1. The molecule has 0 unspecified atom stereocenters. The average molecular weight is 526 g/mol.